The number of benzene rings is 3. The maximum atomic E-state index is 14.3. The Kier molecular flexibility index (Phi) is 5.61. The summed E-state index contributed by atoms with van der Waals surface area (Å²) in [5, 5.41) is 16.8. The lowest BCUT2D eigenvalue weighted by Gasteiger charge is -2.25. The Labute approximate surface area is 237 Å². The third-order valence-corrected chi connectivity index (χ3v) is 7.55. The van der Waals surface area contributed by atoms with Crippen LogP contribution >= 0.6 is 0 Å². The zero-order chi connectivity index (χ0) is 29.1. The highest BCUT2D eigenvalue weighted by Gasteiger charge is 2.39. The SMILES string of the molecule is Cc1ccc2[nH]c(C(=O)n3nc(C)c4c3Oc3nc[nH]c(=O)c3C4c3ccc([N+](=O)[O-])cc3)c(-c3ccccc3)c2c1. The molecular weight excluding hydrogens is 536 g/mol. The number of hydrogen-bond acceptors (Lipinski definition) is 7. The van der Waals surface area contributed by atoms with Crippen LogP contribution in [-0.2, 0) is 0 Å². The van der Waals surface area contributed by atoms with Crippen LogP contribution in [0.3, 0.4) is 0 Å². The minimum absolute atomic E-state index is 0.0270. The minimum Gasteiger partial charge on any atom is -0.420 e. The Morgan fingerprint density at radius 3 is 2.52 bits per heavy atom. The van der Waals surface area contributed by atoms with Crippen LogP contribution in [0.1, 0.15) is 44.4 Å². The number of H-pyrrole nitrogens is 2. The van der Waals surface area contributed by atoms with Crippen molar-refractivity contribution < 1.29 is 14.5 Å². The molecule has 3 aromatic heterocycles. The summed E-state index contributed by atoms with van der Waals surface area (Å²) in [6.45, 7) is 3.72. The van der Waals surface area contributed by atoms with Gasteiger partial charge in [-0.1, -0.05) is 54.1 Å². The molecule has 11 heteroatoms. The first-order valence-electron chi connectivity index (χ1n) is 13.1. The Morgan fingerprint density at radius 2 is 1.79 bits per heavy atom. The lowest BCUT2D eigenvalue weighted by Crippen LogP contribution is -2.25. The van der Waals surface area contributed by atoms with Gasteiger partial charge >= 0.3 is 0 Å². The highest BCUT2D eigenvalue weighted by atomic mass is 16.6. The first-order chi connectivity index (χ1) is 20.3. The molecule has 2 N–H and O–H groups in total. The van der Waals surface area contributed by atoms with Gasteiger partial charge in [0.15, 0.2) is 0 Å². The van der Waals surface area contributed by atoms with E-state index in [1.165, 1.54) is 23.1 Å². The lowest BCUT2D eigenvalue weighted by atomic mass is 9.84. The van der Waals surface area contributed by atoms with Crippen LogP contribution < -0.4 is 10.3 Å². The predicted molar refractivity (Wildman–Crippen MR) is 154 cm³/mol. The molecule has 3 aromatic carbocycles. The number of non-ortho nitro benzene ring substituents is 1. The number of aromatic nitrogens is 5. The second-order valence-corrected chi connectivity index (χ2v) is 10.1. The van der Waals surface area contributed by atoms with E-state index in [-0.39, 0.29) is 23.0 Å². The van der Waals surface area contributed by atoms with E-state index >= 15 is 0 Å². The Morgan fingerprint density at radius 1 is 1.02 bits per heavy atom. The van der Waals surface area contributed by atoms with Gasteiger partial charge in [-0.3, -0.25) is 19.7 Å². The lowest BCUT2D eigenvalue weighted by molar-refractivity contribution is -0.384. The molecular formula is C31H22N6O5. The molecule has 11 nitrogen and oxygen atoms in total. The monoisotopic (exact) mass is 558 g/mol. The standard InChI is InChI=1S/C31H22N6O5/c1-16-8-13-22-21(14-16)24(18-6-4-3-5-7-18)27(34-22)30(39)36-31-23(17(2)35-36)25(19-9-11-20(12-10-19)37(40)41)26-28(38)32-15-33-29(26)42-31/h3-15,25,34H,1-2H3,(H,32,33,38). The van der Waals surface area contributed by atoms with E-state index in [0.717, 1.165) is 27.6 Å². The van der Waals surface area contributed by atoms with Gasteiger partial charge < -0.3 is 14.7 Å². The largest absolute Gasteiger partial charge is 0.420 e. The zero-order valence-electron chi connectivity index (χ0n) is 22.4. The molecule has 0 fully saturated rings. The van der Waals surface area contributed by atoms with Crippen LogP contribution in [0.25, 0.3) is 22.0 Å². The number of fused-ring (bicyclic) bond motifs is 3. The smallest absolute Gasteiger partial charge is 0.298 e. The van der Waals surface area contributed by atoms with Crippen molar-refractivity contribution in [2.45, 2.75) is 19.8 Å². The summed E-state index contributed by atoms with van der Waals surface area (Å²) in [6.07, 6.45) is 1.22. The molecule has 0 saturated carbocycles. The number of hydrogen-bond donors (Lipinski definition) is 2. The first-order valence-corrected chi connectivity index (χ1v) is 13.1. The van der Waals surface area contributed by atoms with Gasteiger partial charge in [0.05, 0.1) is 34.0 Å². The third-order valence-electron chi connectivity index (χ3n) is 7.55. The van der Waals surface area contributed by atoms with E-state index in [1.807, 2.05) is 55.5 Å². The van der Waals surface area contributed by atoms with Crippen LogP contribution in [-0.4, -0.2) is 35.6 Å². The van der Waals surface area contributed by atoms with Crippen molar-refractivity contribution in [3.63, 3.8) is 0 Å². The van der Waals surface area contributed by atoms with Gasteiger partial charge in [0.2, 0.25) is 11.8 Å². The van der Waals surface area contributed by atoms with Crippen LogP contribution in [0.15, 0.2) is 83.9 Å². The fourth-order valence-corrected chi connectivity index (χ4v) is 5.65. The van der Waals surface area contributed by atoms with Gasteiger partial charge in [0.25, 0.3) is 17.2 Å². The minimum atomic E-state index is -0.734. The van der Waals surface area contributed by atoms with E-state index in [2.05, 4.69) is 20.1 Å². The Bertz CT molecular complexity index is 2110. The van der Waals surface area contributed by atoms with E-state index in [9.17, 15) is 19.7 Å². The number of nitrogens with zero attached hydrogens (tertiary/aromatic N) is 4. The molecule has 206 valence electrons. The van der Waals surface area contributed by atoms with E-state index in [0.29, 0.717) is 22.5 Å². The molecule has 0 bridgehead atoms. The summed E-state index contributed by atoms with van der Waals surface area (Å²) in [5.41, 5.74) is 5.02. The summed E-state index contributed by atoms with van der Waals surface area (Å²) in [6, 6.07) is 21.5. The van der Waals surface area contributed by atoms with Crippen molar-refractivity contribution in [2.75, 3.05) is 0 Å². The molecule has 1 aliphatic heterocycles. The predicted octanol–water partition coefficient (Wildman–Crippen LogP) is 5.61. The highest BCUT2D eigenvalue weighted by Crippen LogP contribution is 2.47. The van der Waals surface area contributed by atoms with Crippen molar-refractivity contribution in [3.8, 4) is 22.9 Å². The number of carbonyl (C=O) groups excluding carboxylic acids is 1. The van der Waals surface area contributed by atoms with Crippen molar-refractivity contribution in [2.24, 2.45) is 0 Å². The second kappa shape index (κ2) is 9.37. The summed E-state index contributed by atoms with van der Waals surface area (Å²) in [7, 11) is 0. The molecule has 0 radical (unpaired) electrons. The fraction of sp³-hybridized carbons (Fsp3) is 0.0968. The average Bonchev–Trinajstić information content (AvgIpc) is 3.53. The van der Waals surface area contributed by atoms with E-state index < -0.39 is 22.3 Å². The molecule has 1 aliphatic rings. The topological polar surface area (TPSA) is 149 Å². The molecule has 0 aliphatic carbocycles. The van der Waals surface area contributed by atoms with Gasteiger partial charge in [-0.25, -0.2) is 4.98 Å². The highest BCUT2D eigenvalue weighted by molar-refractivity contribution is 6.10. The second-order valence-electron chi connectivity index (χ2n) is 10.1. The van der Waals surface area contributed by atoms with Gasteiger partial charge in [-0.05, 0) is 37.1 Å². The van der Waals surface area contributed by atoms with E-state index in [4.69, 9.17) is 4.74 Å². The van der Waals surface area contributed by atoms with E-state index in [1.54, 1.807) is 19.1 Å². The third kappa shape index (κ3) is 3.82. The normalized spacial score (nSPS) is 13.8. The van der Waals surface area contributed by atoms with Crippen molar-refractivity contribution >= 4 is 22.5 Å². The van der Waals surface area contributed by atoms with Crippen LogP contribution in [0.4, 0.5) is 5.69 Å². The van der Waals surface area contributed by atoms with Crippen molar-refractivity contribution in [1.82, 2.24) is 24.7 Å². The molecule has 42 heavy (non-hydrogen) atoms. The van der Waals surface area contributed by atoms with Crippen LogP contribution in [0.5, 0.6) is 11.8 Å². The van der Waals surface area contributed by atoms with Gasteiger partial charge in [-0.15, -0.1) is 0 Å². The fourth-order valence-electron chi connectivity index (χ4n) is 5.65. The number of nitro benzene ring substituents is 1. The number of aromatic amines is 2. The maximum Gasteiger partial charge on any atom is 0.298 e. The van der Waals surface area contributed by atoms with Gasteiger partial charge in [-0.2, -0.15) is 9.78 Å². The van der Waals surface area contributed by atoms with Crippen molar-refractivity contribution in [1.29, 1.82) is 0 Å². The molecule has 0 saturated heterocycles. The Hall–Kier alpha value is -5.84. The van der Waals surface area contributed by atoms with Crippen LogP contribution in [0, 0.1) is 24.0 Å². The number of carbonyl (C=O) groups is 1. The molecule has 0 spiro atoms. The quantitative estimate of drug-likeness (QED) is 0.210. The Balaban J connectivity index is 1.44. The molecule has 6 aromatic rings. The number of nitrogens with one attached hydrogen (secondary N) is 2. The first kappa shape index (κ1) is 25.1. The summed E-state index contributed by atoms with van der Waals surface area (Å²) in [5.74, 6) is -1.04. The molecule has 0 amide bonds. The number of rotatable bonds is 4. The number of aryl methyl sites for hydroxylation is 2. The summed E-state index contributed by atoms with van der Waals surface area (Å²) < 4.78 is 7.33. The van der Waals surface area contributed by atoms with Gasteiger partial charge in [0, 0.05) is 28.6 Å². The molecule has 4 heterocycles. The van der Waals surface area contributed by atoms with Gasteiger partial charge in [0.1, 0.15) is 5.69 Å². The maximum absolute atomic E-state index is 14.3. The summed E-state index contributed by atoms with van der Waals surface area (Å²) >= 11 is 0. The summed E-state index contributed by atoms with van der Waals surface area (Å²) in [4.78, 5) is 48.3. The molecule has 7 rings (SSSR count). The van der Waals surface area contributed by atoms with Crippen molar-refractivity contribution in [3.05, 3.63) is 133 Å². The number of ether oxygens (including phenoxy) is 1. The molecule has 1 atom stereocenters. The molecule has 1 unspecified atom stereocenters. The van der Waals surface area contributed by atoms with Crippen LogP contribution in [0.2, 0.25) is 0 Å². The number of nitro groups is 1. The average molecular weight is 559 g/mol. The zero-order valence-corrected chi connectivity index (χ0v) is 22.4.